The van der Waals surface area contributed by atoms with Crippen molar-refractivity contribution in [3.8, 4) is 11.3 Å². The Kier molecular flexibility index (Phi) is 9.40. The Balaban J connectivity index is 2.22. The lowest BCUT2D eigenvalue weighted by Gasteiger charge is -2.24. The van der Waals surface area contributed by atoms with Gasteiger partial charge < -0.3 is 9.47 Å². The number of carbonyl (C=O) groups excluding carboxylic acids is 1. The highest BCUT2D eigenvalue weighted by atomic mass is 32.2. The molecule has 0 aliphatic heterocycles. The molecule has 3 rings (SSSR count). The Morgan fingerprint density at radius 3 is 2.42 bits per heavy atom. The summed E-state index contributed by atoms with van der Waals surface area (Å²) in [5.74, 6) is -0.911. The number of anilines is 1. The van der Waals surface area contributed by atoms with Crippen LogP contribution in [-0.4, -0.2) is 51.9 Å². The van der Waals surface area contributed by atoms with Crippen LogP contribution < -0.4 is 4.31 Å². The average Bonchev–Trinajstić information content (AvgIpc) is 2.91. The van der Waals surface area contributed by atoms with Crippen molar-refractivity contribution in [3.05, 3.63) is 81.4 Å². The highest BCUT2D eigenvalue weighted by Gasteiger charge is 2.29. The molecule has 1 unspecified atom stereocenters. The van der Waals surface area contributed by atoms with Crippen molar-refractivity contribution in [1.29, 1.82) is 0 Å². The average molecular weight is 539 g/mol. The second kappa shape index (κ2) is 12.5. The van der Waals surface area contributed by atoms with Gasteiger partial charge in [0.15, 0.2) is 0 Å². The fourth-order valence-corrected chi connectivity index (χ4v) is 5.31. The van der Waals surface area contributed by atoms with Crippen LogP contribution in [0, 0.1) is 13.8 Å². The Labute approximate surface area is 222 Å². The number of azide groups is 1. The summed E-state index contributed by atoms with van der Waals surface area (Å²) >= 11 is 0. The lowest BCUT2D eigenvalue weighted by Crippen LogP contribution is -2.35. The zero-order chi connectivity index (χ0) is 27.9. The molecule has 0 bridgehead atoms. The minimum atomic E-state index is -4.25. The first-order chi connectivity index (χ1) is 18.1. The van der Waals surface area contributed by atoms with E-state index in [1.54, 1.807) is 0 Å². The van der Waals surface area contributed by atoms with E-state index in [1.807, 2.05) is 45.0 Å². The van der Waals surface area contributed by atoms with Crippen LogP contribution in [0.3, 0.4) is 0 Å². The number of rotatable bonds is 11. The van der Waals surface area contributed by atoms with Crippen molar-refractivity contribution in [1.82, 2.24) is 9.97 Å². The molecule has 0 radical (unpaired) electrons. The quantitative estimate of drug-likeness (QED) is 0.108. The van der Waals surface area contributed by atoms with Gasteiger partial charge in [0.1, 0.15) is 6.73 Å². The molecule has 1 aromatic heterocycles. The number of aromatic nitrogens is 2. The summed E-state index contributed by atoms with van der Waals surface area (Å²) < 4.78 is 38.6. The van der Waals surface area contributed by atoms with Crippen LogP contribution in [0.4, 0.5) is 5.95 Å². The monoisotopic (exact) mass is 538 g/mol. The minimum Gasteiger partial charge on any atom is -0.465 e. The maximum Gasteiger partial charge on any atom is 0.337 e. The zero-order valence-electron chi connectivity index (χ0n) is 22.0. The zero-order valence-corrected chi connectivity index (χ0v) is 22.8. The van der Waals surface area contributed by atoms with Gasteiger partial charge in [-0.25, -0.2) is 27.5 Å². The first-order valence-corrected chi connectivity index (χ1v) is 13.2. The van der Waals surface area contributed by atoms with Gasteiger partial charge in [-0.3, -0.25) is 0 Å². The standard InChI is InChI=1S/C26H30N6O5S/c1-17(12-13-28-31-27)22-15-23(24-18(2)8-6-9-19(24)3)30-26(29-22)32(16-36-4)38(34,35)21-11-7-10-20(14-21)25(33)37-5/h6-11,14-15,17H,12-13,16H2,1-5H3. The lowest BCUT2D eigenvalue weighted by molar-refractivity contribution is 0.0600. The van der Waals surface area contributed by atoms with Crippen molar-refractivity contribution in [2.24, 2.45) is 5.11 Å². The van der Waals surface area contributed by atoms with Crippen LogP contribution in [0.2, 0.25) is 0 Å². The van der Waals surface area contributed by atoms with Gasteiger partial charge in [-0.15, -0.1) is 0 Å². The minimum absolute atomic E-state index is 0.0823. The normalized spacial score (nSPS) is 11.9. The van der Waals surface area contributed by atoms with E-state index in [4.69, 9.17) is 15.0 Å². The molecule has 1 atom stereocenters. The fourth-order valence-electron chi connectivity index (χ4n) is 3.99. The molecule has 0 aliphatic carbocycles. The maximum atomic E-state index is 13.8. The molecule has 3 aromatic rings. The van der Waals surface area contributed by atoms with Gasteiger partial charge in [0.05, 0.1) is 23.3 Å². The van der Waals surface area contributed by atoms with Gasteiger partial charge in [0.2, 0.25) is 5.95 Å². The van der Waals surface area contributed by atoms with Crippen LogP contribution >= 0.6 is 0 Å². The number of esters is 1. The van der Waals surface area contributed by atoms with E-state index in [-0.39, 0.29) is 35.6 Å². The summed E-state index contributed by atoms with van der Waals surface area (Å²) in [5, 5.41) is 3.61. The number of benzene rings is 2. The van der Waals surface area contributed by atoms with Gasteiger partial charge in [-0.05, 0) is 67.1 Å². The summed E-state index contributed by atoms with van der Waals surface area (Å²) in [6.07, 6.45) is 0.505. The molecule has 0 N–H and O–H groups in total. The number of nitrogens with zero attached hydrogens (tertiary/aromatic N) is 6. The second-order valence-electron chi connectivity index (χ2n) is 8.68. The predicted octanol–water partition coefficient (Wildman–Crippen LogP) is 5.15. The molecule has 0 saturated carbocycles. The molecular weight excluding hydrogens is 508 g/mol. The van der Waals surface area contributed by atoms with E-state index < -0.39 is 16.0 Å². The summed E-state index contributed by atoms with van der Waals surface area (Å²) in [6, 6.07) is 13.2. The second-order valence-corrected chi connectivity index (χ2v) is 10.5. The van der Waals surface area contributed by atoms with E-state index in [0.717, 1.165) is 21.0 Å². The van der Waals surface area contributed by atoms with Crippen LogP contribution in [0.1, 0.15) is 46.4 Å². The number of methoxy groups -OCH3 is 2. The molecule has 0 amide bonds. The summed E-state index contributed by atoms with van der Waals surface area (Å²) in [5.41, 5.74) is 12.7. The molecular formula is C26H30N6O5S. The topological polar surface area (TPSA) is 147 Å². The number of ether oxygens (including phenoxy) is 2. The molecule has 200 valence electrons. The van der Waals surface area contributed by atoms with Crippen molar-refractivity contribution in [2.45, 2.75) is 38.0 Å². The van der Waals surface area contributed by atoms with E-state index in [1.165, 1.54) is 38.5 Å². The highest BCUT2D eigenvalue weighted by molar-refractivity contribution is 7.92. The molecule has 2 aromatic carbocycles. The van der Waals surface area contributed by atoms with E-state index in [9.17, 15) is 13.2 Å². The van der Waals surface area contributed by atoms with Gasteiger partial charge in [-0.2, -0.15) is 0 Å². The first kappa shape index (κ1) is 28.6. The van der Waals surface area contributed by atoms with E-state index >= 15 is 0 Å². The number of aryl methyl sites for hydroxylation is 2. The number of carbonyl (C=O) groups is 1. The maximum absolute atomic E-state index is 13.8. The third-order valence-electron chi connectivity index (χ3n) is 6.01. The third-order valence-corrected chi connectivity index (χ3v) is 7.71. The Bertz CT molecular complexity index is 1450. The fraction of sp³-hybridized carbons (Fsp3) is 0.346. The van der Waals surface area contributed by atoms with Gasteiger partial charge in [0.25, 0.3) is 10.0 Å². The molecule has 0 aliphatic rings. The molecule has 0 saturated heterocycles. The number of hydrogen-bond acceptors (Lipinski definition) is 8. The van der Waals surface area contributed by atoms with Gasteiger partial charge >= 0.3 is 5.97 Å². The Morgan fingerprint density at radius 1 is 1.11 bits per heavy atom. The largest absolute Gasteiger partial charge is 0.465 e. The van der Waals surface area contributed by atoms with Gasteiger partial charge in [0, 0.05) is 29.8 Å². The molecule has 38 heavy (non-hydrogen) atoms. The van der Waals surface area contributed by atoms with Crippen molar-refractivity contribution in [2.75, 3.05) is 31.8 Å². The van der Waals surface area contributed by atoms with Gasteiger partial charge in [-0.1, -0.05) is 36.3 Å². The van der Waals surface area contributed by atoms with E-state index in [2.05, 4.69) is 20.0 Å². The van der Waals surface area contributed by atoms with Crippen LogP contribution in [0.15, 0.2) is 58.5 Å². The van der Waals surface area contributed by atoms with Crippen LogP contribution in [-0.2, 0) is 19.5 Å². The van der Waals surface area contributed by atoms with Crippen LogP contribution in [0.25, 0.3) is 21.7 Å². The van der Waals surface area contributed by atoms with Crippen molar-refractivity contribution >= 4 is 21.9 Å². The predicted molar refractivity (Wildman–Crippen MR) is 143 cm³/mol. The van der Waals surface area contributed by atoms with Crippen molar-refractivity contribution in [3.63, 3.8) is 0 Å². The van der Waals surface area contributed by atoms with Crippen LogP contribution in [0.5, 0.6) is 0 Å². The Hall–Kier alpha value is -3.99. The number of hydrogen-bond donors (Lipinski definition) is 0. The highest BCUT2D eigenvalue weighted by Crippen LogP contribution is 2.32. The molecule has 11 nitrogen and oxygen atoms in total. The lowest BCUT2D eigenvalue weighted by atomic mass is 9.97. The summed E-state index contributed by atoms with van der Waals surface area (Å²) in [4.78, 5) is 24.0. The third kappa shape index (κ3) is 6.28. The summed E-state index contributed by atoms with van der Waals surface area (Å²) in [7, 11) is -1.67. The SMILES string of the molecule is COCN(c1nc(-c2c(C)cccc2C)cc(C(C)CCN=[N+]=[N-])n1)S(=O)(=O)c1cccc(C(=O)OC)c1. The molecule has 12 heteroatoms. The molecule has 0 fully saturated rings. The van der Waals surface area contributed by atoms with Crippen molar-refractivity contribution < 1.29 is 22.7 Å². The summed E-state index contributed by atoms with van der Waals surface area (Å²) in [6.45, 7) is 5.72. The number of sulfonamides is 1. The molecule has 1 heterocycles. The smallest absolute Gasteiger partial charge is 0.337 e. The van der Waals surface area contributed by atoms with E-state index in [0.29, 0.717) is 17.8 Å². The Morgan fingerprint density at radius 2 is 1.79 bits per heavy atom. The first-order valence-electron chi connectivity index (χ1n) is 11.8. The molecule has 0 spiro atoms.